The molecule has 0 aromatic heterocycles. The number of aliphatic carboxylic acids is 1. The highest BCUT2D eigenvalue weighted by atomic mass is 31.2. The van der Waals surface area contributed by atoms with Crippen LogP contribution in [0.5, 0.6) is 0 Å². The van der Waals surface area contributed by atoms with Crippen LogP contribution in [0.4, 0.5) is 0 Å². The first-order chi connectivity index (χ1) is 7.14. The van der Waals surface area contributed by atoms with Crippen molar-refractivity contribution in [2.75, 3.05) is 6.54 Å². The molecule has 0 aliphatic heterocycles. The maximum absolute atomic E-state index is 10.8. The Labute approximate surface area is 92.0 Å². The smallest absolute Gasteiger partial charge is 0.329 e. The molecule has 0 aliphatic carbocycles. The molecule has 0 heterocycles. The highest BCUT2D eigenvalue weighted by Crippen LogP contribution is 2.40. The number of nitrogens with one attached hydrogen (secondary N) is 1. The fourth-order valence-corrected chi connectivity index (χ4v) is 1.22. The number of amides is 1. The van der Waals surface area contributed by atoms with Gasteiger partial charge < -0.3 is 25.9 Å². The maximum Gasteiger partial charge on any atom is 0.329 e. The Balaban J connectivity index is 4.28. The molecule has 0 radical (unpaired) electrons. The fourth-order valence-electron chi connectivity index (χ4n) is 0.880. The van der Waals surface area contributed by atoms with E-state index in [-0.39, 0.29) is 6.54 Å². The van der Waals surface area contributed by atoms with Crippen LogP contribution in [0, 0.1) is 0 Å². The summed E-state index contributed by atoms with van der Waals surface area (Å²) in [5, 5.41) is 10.9. The van der Waals surface area contributed by atoms with Crippen LogP contribution in [-0.4, -0.2) is 45.0 Å². The number of carbonyl (C=O) groups excluding carboxylic acids is 1. The van der Waals surface area contributed by atoms with Crippen molar-refractivity contribution < 1.29 is 29.0 Å². The molecule has 0 rings (SSSR count). The van der Waals surface area contributed by atoms with Gasteiger partial charge in [0.1, 0.15) is 0 Å². The zero-order chi connectivity index (χ0) is 12.9. The third-order valence-electron chi connectivity index (χ3n) is 1.96. The molecule has 6 N–H and O–H groups in total. The minimum Gasteiger partial charge on any atom is -0.481 e. The standard InChI is InChI=1S/C7H15N2O6P/c1-4(16(13,14)15)3-9-5(7(8)12)2-6(10)11/h4-5,9H,2-3H2,1H3,(H2,8,12)(H,10,11)(H2,13,14,15)/t4?,5-/m0/s1. The highest BCUT2D eigenvalue weighted by molar-refractivity contribution is 7.52. The summed E-state index contributed by atoms with van der Waals surface area (Å²) in [4.78, 5) is 38.7. The third-order valence-corrected chi connectivity index (χ3v) is 3.29. The second-order valence-electron chi connectivity index (χ2n) is 3.40. The zero-order valence-electron chi connectivity index (χ0n) is 8.66. The lowest BCUT2D eigenvalue weighted by Gasteiger charge is -2.18. The van der Waals surface area contributed by atoms with E-state index in [4.69, 9.17) is 20.6 Å². The van der Waals surface area contributed by atoms with E-state index in [0.717, 1.165) is 0 Å². The van der Waals surface area contributed by atoms with Crippen LogP contribution >= 0.6 is 7.60 Å². The second kappa shape index (κ2) is 5.95. The van der Waals surface area contributed by atoms with Crippen LogP contribution in [0.3, 0.4) is 0 Å². The van der Waals surface area contributed by atoms with Crippen LogP contribution in [0.15, 0.2) is 0 Å². The van der Waals surface area contributed by atoms with Gasteiger partial charge in [0, 0.05) is 6.54 Å². The summed E-state index contributed by atoms with van der Waals surface area (Å²) in [6.45, 7) is 1.10. The molecule has 0 spiro atoms. The summed E-state index contributed by atoms with van der Waals surface area (Å²) < 4.78 is 10.8. The van der Waals surface area contributed by atoms with Gasteiger partial charge in [0.25, 0.3) is 0 Å². The largest absolute Gasteiger partial charge is 0.481 e. The molecule has 9 heteroatoms. The molecular weight excluding hydrogens is 239 g/mol. The van der Waals surface area contributed by atoms with Crippen LogP contribution < -0.4 is 11.1 Å². The van der Waals surface area contributed by atoms with Gasteiger partial charge in [-0.05, 0) is 6.92 Å². The lowest BCUT2D eigenvalue weighted by molar-refractivity contribution is -0.139. The van der Waals surface area contributed by atoms with E-state index in [9.17, 15) is 14.2 Å². The Morgan fingerprint density at radius 2 is 1.94 bits per heavy atom. The summed E-state index contributed by atoms with van der Waals surface area (Å²) in [7, 11) is -4.24. The summed E-state index contributed by atoms with van der Waals surface area (Å²) in [6, 6.07) is -1.13. The van der Waals surface area contributed by atoms with Crippen molar-refractivity contribution in [2.45, 2.75) is 25.0 Å². The molecule has 1 amide bonds. The summed E-state index contributed by atoms with van der Waals surface area (Å²) >= 11 is 0. The minimum atomic E-state index is -4.24. The van der Waals surface area contributed by atoms with Gasteiger partial charge >= 0.3 is 13.6 Å². The van der Waals surface area contributed by atoms with Crippen molar-refractivity contribution >= 4 is 19.5 Å². The summed E-state index contributed by atoms with van der Waals surface area (Å²) in [5.74, 6) is -2.10. The Morgan fingerprint density at radius 1 is 1.44 bits per heavy atom. The quantitative estimate of drug-likeness (QED) is 0.346. The van der Waals surface area contributed by atoms with E-state index in [1.54, 1.807) is 0 Å². The number of hydrogen-bond acceptors (Lipinski definition) is 4. The zero-order valence-corrected chi connectivity index (χ0v) is 9.55. The molecule has 0 saturated heterocycles. The molecule has 16 heavy (non-hydrogen) atoms. The first-order valence-corrected chi connectivity index (χ1v) is 6.12. The van der Waals surface area contributed by atoms with Crippen molar-refractivity contribution in [3.8, 4) is 0 Å². The molecule has 0 aromatic rings. The number of hydrogen-bond donors (Lipinski definition) is 5. The Hall–Kier alpha value is -0.950. The van der Waals surface area contributed by atoms with Crippen LogP contribution in [0.2, 0.25) is 0 Å². The first kappa shape index (κ1) is 15.0. The monoisotopic (exact) mass is 254 g/mol. The van der Waals surface area contributed by atoms with E-state index in [2.05, 4.69) is 5.32 Å². The minimum absolute atomic E-state index is 0.189. The predicted octanol–water partition coefficient (Wildman–Crippen LogP) is -1.53. The molecular formula is C7H15N2O6P. The van der Waals surface area contributed by atoms with Gasteiger partial charge in [0.2, 0.25) is 5.91 Å². The average molecular weight is 254 g/mol. The normalized spacial score (nSPS) is 15.4. The van der Waals surface area contributed by atoms with E-state index >= 15 is 0 Å². The average Bonchev–Trinajstić information content (AvgIpc) is 2.08. The molecule has 94 valence electrons. The van der Waals surface area contributed by atoms with Crippen molar-refractivity contribution in [3.05, 3.63) is 0 Å². The fraction of sp³-hybridized carbons (Fsp3) is 0.714. The van der Waals surface area contributed by atoms with Gasteiger partial charge in [-0.2, -0.15) is 0 Å². The lowest BCUT2D eigenvalue weighted by atomic mass is 10.2. The van der Waals surface area contributed by atoms with Crippen molar-refractivity contribution in [2.24, 2.45) is 5.73 Å². The van der Waals surface area contributed by atoms with Crippen molar-refractivity contribution in [3.63, 3.8) is 0 Å². The molecule has 8 nitrogen and oxygen atoms in total. The number of nitrogens with two attached hydrogens (primary N) is 1. The molecule has 1 unspecified atom stereocenters. The number of primary amides is 1. The van der Waals surface area contributed by atoms with Gasteiger partial charge in [0.15, 0.2) is 0 Å². The van der Waals surface area contributed by atoms with Crippen LogP contribution in [0.1, 0.15) is 13.3 Å². The number of carboxylic acids is 1. The van der Waals surface area contributed by atoms with Gasteiger partial charge in [-0.25, -0.2) is 0 Å². The Bertz CT molecular complexity index is 314. The number of rotatable bonds is 7. The summed E-state index contributed by atoms with van der Waals surface area (Å²) in [6.07, 6.45) is -0.525. The predicted molar refractivity (Wildman–Crippen MR) is 54.7 cm³/mol. The van der Waals surface area contributed by atoms with Crippen molar-refractivity contribution in [1.29, 1.82) is 0 Å². The molecule has 0 aliphatic rings. The maximum atomic E-state index is 10.8. The van der Waals surface area contributed by atoms with E-state index < -0.39 is 37.6 Å². The SMILES string of the molecule is CC(CN[C@@H](CC(=O)O)C(N)=O)P(=O)(O)O. The third kappa shape index (κ3) is 5.82. The van der Waals surface area contributed by atoms with E-state index in [0.29, 0.717) is 0 Å². The van der Waals surface area contributed by atoms with Gasteiger partial charge in [-0.1, -0.05) is 0 Å². The Morgan fingerprint density at radius 3 is 2.25 bits per heavy atom. The van der Waals surface area contributed by atoms with E-state index in [1.807, 2.05) is 0 Å². The number of carboxylic acid groups (broad SMARTS) is 1. The molecule has 0 aromatic carbocycles. The van der Waals surface area contributed by atoms with Gasteiger partial charge in [-0.3, -0.25) is 14.2 Å². The second-order valence-corrected chi connectivity index (χ2v) is 5.46. The molecule has 0 bridgehead atoms. The van der Waals surface area contributed by atoms with Crippen LogP contribution in [0.25, 0.3) is 0 Å². The molecule has 2 atom stereocenters. The van der Waals surface area contributed by atoms with Gasteiger partial charge in [0.05, 0.1) is 18.1 Å². The van der Waals surface area contributed by atoms with E-state index in [1.165, 1.54) is 6.92 Å². The van der Waals surface area contributed by atoms with Crippen molar-refractivity contribution in [1.82, 2.24) is 5.32 Å². The lowest BCUT2D eigenvalue weighted by Crippen LogP contribution is -2.45. The van der Waals surface area contributed by atoms with Crippen LogP contribution in [-0.2, 0) is 14.2 Å². The highest BCUT2D eigenvalue weighted by Gasteiger charge is 2.26. The summed E-state index contributed by atoms with van der Waals surface area (Å²) in [5.41, 5.74) is 3.91. The Kier molecular flexibility index (Phi) is 5.60. The van der Waals surface area contributed by atoms with Gasteiger partial charge in [-0.15, -0.1) is 0 Å². The number of carbonyl (C=O) groups is 2. The molecule has 0 fully saturated rings. The topological polar surface area (TPSA) is 150 Å². The first-order valence-electron chi connectivity index (χ1n) is 4.44. The molecule has 0 saturated carbocycles.